The van der Waals surface area contributed by atoms with Gasteiger partial charge < -0.3 is 15.7 Å². The first kappa shape index (κ1) is 26.8. The number of thioether (sulfide) groups is 1. The molecule has 1 saturated heterocycles. The van der Waals surface area contributed by atoms with Crippen LogP contribution in [0.5, 0.6) is 0 Å². The number of β-lactam (4-membered cyclic amide) rings is 1. The van der Waals surface area contributed by atoms with Crippen LogP contribution in [0.1, 0.15) is 17.7 Å². The van der Waals surface area contributed by atoms with Gasteiger partial charge in [-0.15, -0.1) is 23.1 Å². The number of nitrogen functional groups attached to an aromatic ring is 1. The average molecular weight is 566 g/mol. The number of amides is 1. The van der Waals surface area contributed by atoms with Crippen molar-refractivity contribution in [2.75, 3.05) is 25.6 Å². The maximum absolute atomic E-state index is 13.1. The quantitative estimate of drug-likeness (QED) is 0.214. The molecule has 2 aliphatic rings. The number of nitrogens with two attached hydrogens (primary N) is 1. The van der Waals surface area contributed by atoms with Crippen LogP contribution < -0.4 is 10.5 Å². The summed E-state index contributed by atoms with van der Waals surface area (Å²) in [5, 5.41) is 15.0. The lowest BCUT2D eigenvalue weighted by atomic mass is 9.88. The number of carboxylic acid groups (broad SMARTS) is 1. The molecule has 0 unspecified atom stereocenters. The second-order valence-electron chi connectivity index (χ2n) is 8.13. The molecule has 0 saturated carbocycles. The number of aliphatic carboxylic acids is 1. The van der Waals surface area contributed by atoms with Crippen molar-refractivity contribution in [3.05, 3.63) is 52.2 Å². The number of thiazole rings is 1. The molecule has 37 heavy (non-hydrogen) atoms. The Morgan fingerprint density at radius 2 is 2.14 bits per heavy atom. The molecule has 3 heterocycles. The Kier molecular flexibility index (Phi) is 7.68. The fourth-order valence-corrected chi connectivity index (χ4v) is 6.93. The molecule has 2 atom stereocenters. The summed E-state index contributed by atoms with van der Waals surface area (Å²) in [5.41, 5.74) is 6.76. The summed E-state index contributed by atoms with van der Waals surface area (Å²) in [7, 11) is -1.08. The van der Waals surface area contributed by atoms with Crippen molar-refractivity contribution in [3.63, 3.8) is 0 Å². The van der Waals surface area contributed by atoms with Crippen LogP contribution in [0, 0.1) is 5.92 Å². The number of hydrogen-bond donors (Lipinski definition) is 3. The topological polar surface area (TPSA) is 181 Å². The molecule has 2 aliphatic heterocycles. The lowest BCUT2D eigenvalue weighted by Gasteiger charge is -2.49. The van der Waals surface area contributed by atoms with E-state index in [1.807, 2.05) is 0 Å². The summed E-state index contributed by atoms with van der Waals surface area (Å²) in [6.45, 7) is 0. The van der Waals surface area contributed by atoms with Gasteiger partial charge in [-0.2, -0.15) is 0 Å². The first-order valence-corrected chi connectivity index (χ1v) is 14.3. The van der Waals surface area contributed by atoms with E-state index in [1.165, 1.54) is 43.0 Å². The smallest absolute Gasteiger partial charge is 0.352 e. The van der Waals surface area contributed by atoms with Crippen molar-refractivity contribution in [2.45, 2.75) is 23.1 Å². The number of ketones is 1. The molecule has 0 bridgehead atoms. The number of rotatable bonds is 10. The van der Waals surface area contributed by atoms with Gasteiger partial charge in [0, 0.05) is 17.6 Å². The van der Waals surface area contributed by atoms with E-state index in [2.05, 4.69) is 14.9 Å². The van der Waals surface area contributed by atoms with E-state index in [0.29, 0.717) is 16.9 Å². The van der Waals surface area contributed by atoms with Crippen LogP contribution in [0.4, 0.5) is 5.13 Å². The number of sulfonamides is 1. The number of hydrogen-bond acceptors (Lipinski definition) is 11. The highest BCUT2D eigenvalue weighted by Gasteiger charge is 2.54. The van der Waals surface area contributed by atoms with E-state index >= 15 is 0 Å². The monoisotopic (exact) mass is 565 g/mol. The largest absolute Gasteiger partial charge is 0.477 e. The summed E-state index contributed by atoms with van der Waals surface area (Å²) < 4.78 is 26.5. The average Bonchev–Trinajstić information content (AvgIpc) is 3.31. The van der Waals surface area contributed by atoms with E-state index in [4.69, 9.17) is 10.6 Å². The molecule has 1 amide bonds. The molecular formula is C22H23N5O7S3. The summed E-state index contributed by atoms with van der Waals surface area (Å²) >= 11 is 2.48. The Morgan fingerprint density at radius 1 is 1.38 bits per heavy atom. The Bertz CT molecular complexity index is 1430. The number of nitrogens with zero attached hydrogens (tertiary/aromatic N) is 3. The van der Waals surface area contributed by atoms with Gasteiger partial charge >= 0.3 is 5.97 Å². The normalized spacial score (nSPS) is 19.9. The van der Waals surface area contributed by atoms with E-state index in [-0.39, 0.29) is 40.0 Å². The zero-order chi connectivity index (χ0) is 26.9. The standard InChI is InChI=1S/C22H23N5O7S3/c1-24-37(32,33)13-5-3-4-11(7-13)6-12-9-35-20-14(19(29)27(20)18(12)21(30)31)8-16(28)17(26-34-2)15-10-36-22(23)25-15/h3-5,7,10,14,20,24H,6,8-9H2,1-2H3,(H2,23,25)(H,30,31)/b26-17-/t14-,20-/m1/s1. The second-order valence-corrected chi connectivity index (χ2v) is 12.0. The molecule has 4 rings (SSSR count). The van der Waals surface area contributed by atoms with Gasteiger partial charge in [0.2, 0.25) is 15.9 Å². The molecule has 0 radical (unpaired) electrons. The Morgan fingerprint density at radius 3 is 2.76 bits per heavy atom. The third-order valence-corrected chi connectivity index (χ3v) is 9.35. The number of carboxylic acids is 1. The minimum Gasteiger partial charge on any atom is -0.477 e. The Hall–Kier alpha value is -3.27. The molecule has 0 aliphatic carbocycles. The van der Waals surface area contributed by atoms with Crippen molar-refractivity contribution in [2.24, 2.45) is 11.1 Å². The highest BCUT2D eigenvalue weighted by atomic mass is 32.2. The molecule has 2 aromatic rings. The summed E-state index contributed by atoms with van der Waals surface area (Å²) in [5.74, 6) is -2.67. The third-order valence-electron chi connectivity index (χ3n) is 5.87. The van der Waals surface area contributed by atoms with Crippen molar-refractivity contribution in [1.82, 2.24) is 14.6 Å². The van der Waals surface area contributed by atoms with Gasteiger partial charge in [0.25, 0.3) is 0 Å². The number of benzene rings is 1. The summed E-state index contributed by atoms with van der Waals surface area (Å²) in [6.07, 6.45) is -0.0452. The van der Waals surface area contributed by atoms with Crippen molar-refractivity contribution in [1.29, 1.82) is 0 Å². The van der Waals surface area contributed by atoms with E-state index in [9.17, 15) is 27.9 Å². The van der Waals surface area contributed by atoms with Crippen molar-refractivity contribution >= 4 is 61.6 Å². The van der Waals surface area contributed by atoms with Gasteiger partial charge in [-0.05, 0) is 36.7 Å². The maximum Gasteiger partial charge on any atom is 0.352 e. The zero-order valence-corrected chi connectivity index (χ0v) is 22.2. The fourth-order valence-electron chi connectivity index (χ4n) is 4.17. The van der Waals surface area contributed by atoms with Crippen LogP contribution in [0.15, 0.2) is 51.0 Å². The number of Topliss-reactive ketones (excluding diaryl/α,β-unsaturated/α-hetero) is 1. The fraction of sp³-hybridized carbons (Fsp3) is 0.318. The minimum absolute atomic E-state index is 0.0558. The zero-order valence-electron chi connectivity index (χ0n) is 19.7. The molecule has 196 valence electrons. The SMILES string of the molecule is CNS(=O)(=O)c1cccc(CC2=C(C(=O)O)N3C(=O)[C@@H](CC(=O)/C(=N\OC)c4csc(N)n4)[C@H]3SC2)c1. The van der Waals surface area contributed by atoms with Crippen molar-refractivity contribution in [3.8, 4) is 0 Å². The minimum atomic E-state index is -3.67. The lowest BCUT2D eigenvalue weighted by Crippen LogP contribution is -2.62. The molecule has 1 aromatic heterocycles. The highest BCUT2D eigenvalue weighted by molar-refractivity contribution is 8.00. The Labute approximate surface area is 220 Å². The summed E-state index contributed by atoms with van der Waals surface area (Å²) in [6, 6.07) is 6.18. The number of aromatic nitrogens is 1. The van der Waals surface area contributed by atoms with Gasteiger partial charge in [-0.3, -0.25) is 14.5 Å². The Balaban J connectivity index is 1.55. The van der Waals surface area contributed by atoms with Crippen LogP contribution in [0.3, 0.4) is 0 Å². The first-order valence-electron chi connectivity index (χ1n) is 10.9. The summed E-state index contributed by atoms with van der Waals surface area (Å²) in [4.78, 5) is 48.3. The van der Waals surface area contributed by atoms with Gasteiger partial charge in [-0.25, -0.2) is 22.9 Å². The number of nitrogens with one attached hydrogen (secondary N) is 1. The van der Waals surface area contributed by atoms with E-state index in [0.717, 1.165) is 11.3 Å². The van der Waals surface area contributed by atoms with Crippen molar-refractivity contribution < 1.29 is 32.7 Å². The second kappa shape index (κ2) is 10.6. The molecule has 4 N–H and O–H groups in total. The molecule has 12 nitrogen and oxygen atoms in total. The number of carbonyl (C=O) groups is 3. The van der Waals surface area contributed by atoms with Crippen LogP contribution in [0.25, 0.3) is 0 Å². The van der Waals surface area contributed by atoms with E-state index < -0.39 is 39.0 Å². The molecule has 15 heteroatoms. The molecular weight excluding hydrogens is 542 g/mol. The molecule has 1 fully saturated rings. The van der Waals surface area contributed by atoms with Gasteiger partial charge in [-0.1, -0.05) is 17.3 Å². The van der Waals surface area contributed by atoms with Crippen LogP contribution >= 0.6 is 23.1 Å². The van der Waals surface area contributed by atoms with Crippen LogP contribution in [0.2, 0.25) is 0 Å². The van der Waals surface area contributed by atoms with Crippen LogP contribution in [-0.4, -0.2) is 72.1 Å². The number of fused-ring (bicyclic) bond motifs is 1. The lowest BCUT2D eigenvalue weighted by molar-refractivity contribution is -0.153. The maximum atomic E-state index is 13.1. The first-order chi connectivity index (χ1) is 17.6. The molecule has 1 aromatic carbocycles. The number of carbonyl (C=O) groups excluding carboxylic acids is 2. The predicted octanol–water partition coefficient (Wildman–Crippen LogP) is 1.06. The number of anilines is 1. The highest BCUT2D eigenvalue weighted by Crippen LogP contribution is 2.46. The predicted molar refractivity (Wildman–Crippen MR) is 137 cm³/mol. The van der Waals surface area contributed by atoms with E-state index in [1.54, 1.807) is 17.5 Å². The van der Waals surface area contributed by atoms with Gasteiger partial charge in [0.15, 0.2) is 16.6 Å². The van der Waals surface area contributed by atoms with Gasteiger partial charge in [0.05, 0.1) is 16.2 Å². The number of oxime groups is 1. The van der Waals surface area contributed by atoms with Gasteiger partial charge in [0.1, 0.15) is 18.5 Å². The molecule has 0 spiro atoms. The third kappa shape index (κ3) is 5.25. The van der Waals surface area contributed by atoms with Crippen LogP contribution in [-0.2, 0) is 35.7 Å².